The van der Waals surface area contributed by atoms with Crippen molar-refractivity contribution in [2.45, 2.75) is 30.8 Å². The summed E-state index contributed by atoms with van der Waals surface area (Å²) in [6.07, 6.45) is 1.82. The predicted octanol–water partition coefficient (Wildman–Crippen LogP) is 1.67. The van der Waals surface area contributed by atoms with Gasteiger partial charge in [0.05, 0.1) is 24.3 Å². The molecule has 0 spiro atoms. The van der Waals surface area contributed by atoms with Crippen LogP contribution in [0, 0.1) is 5.13 Å². The molecule has 2 amide bonds. The first-order valence-corrected chi connectivity index (χ1v) is 13.6. The summed E-state index contributed by atoms with van der Waals surface area (Å²) in [6.45, 7) is 3.64. The maximum atomic E-state index is 13.3. The number of anilines is 1. The van der Waals surface area contributed by atoms with Gasteiger partial charge in [-0.25, -0.2) is 13.4 Å². The Morgan fingerprint density at radius 1 is 1.22 bits per heavy atom. The maximum absolute atomic E-state index is 13.3. The lowest BCUT2D eigenvalue weighted by molar-refractivity contribution is -0.128. The largest absolute Gasteiger partial charge is 0.389 e. The van der Waals surface area contributed by atoms with Crippen LogP contribution in [0.2, 0.25) is 0 Å². The molecule has 1 atom stereocenters. The molecule has 1 aromatic carbocycles. The summed E-state index contributed by atoms with van der Waals surface area (Å²) in [5, 5.41) is 5.98. The third-order valence-corrected chi connectivity index (χ3v) is 8.37. The van der Waals surface area contributed by atoms with Crippen LogP contribution in [0.4, 0.5) is 9.52 Å². The minimum absolute atomic E-state index is 0.0503. The summed E-state index contributed by atoms with van der Waals surface area (Å²) in [7, 11) is -3.81. The second-order valence-electron chi connectivity index (χ2n) is 8.24. The van der Waals surface area contributed by atoms with Gasteiger partial charge in [0.25, 0.3) is 5.91 Å². The molecule has 0 aliphatic carbocycles. The first kappa shape index (κ1) is 26.1. The first-order valence-electron chi connectivity index (χ1n) is 11.3. The molecule has 2 saturated heterocycles. The second-order valence-corrected chi connectivity index (χ2v) is 11.2. The highest BCUT2D eigenvalue weighted by Crippen LogP contribution is 2.21. The zero-order valence-electron chi connectivity index (χ0n) is 19.6. The summed E-state index contributed by atoms with van der Waals surface area (Å²) in [6, 6.07) is 5.70. The molecule has 2 fully saturated rings. The molecule has 11 nitrogen and oxygen atoms in total. The smallest absolute Gasteiger partial charge is 0.280 e. The zero-order chi connectivity index (χ0) is 25.7. The Morgan fingerprint density at radius 3 is 2.64 bits per heavy atom. The quantitative estimate of drug-likeness (QED) is 0.418. The molecule has 2 aliphatic heterocycles. The van der Waals surface area contributed by atoms with Crippen LogP contribution in [0.1, 0.15) is 25.3 Å². The van der Waals surface area contributed by atoms with E-state index in [9.17, 15) is 22.4 Å². The fraction of sp³-hybridized carbons (Fsp3) is 0.455. The van der Waals surface area contributed by atoms with E-state index in [-0.39, 0.29) is 34.3 Å². The number of hydrogen-bond acceptors (Lipinski definition) is 9. The summed E-state index contributed by atoms with van der Waals surface area (Å²) in [5.41, 5.74) is 0.189. The second kappa shape index (κ2) is 11.4. The van der Waals surface area contributed by atoms with E-state index < -0.39 is 21.1 Å². The van der Waals surface area contributed by atoms with Crippen LogP contribution in [-0.2, 0) is 29.2 Å². The Labute approximate surface area is 211 Å². The first-order chi connectivity index (χ1) is 17.2. The molecule has 0 radical (unpaired) electrons. The fourth-order valence-electron chi connectivity index (χ4n) is 3.80. The average molecular weight is 540 g/mol. The van der Waals surface area contributed by atoms with E-state index in [1.54, 1.807) is 4.90 Å². The molecule has 2 aromatic rings. The van der Waals surface area contributed by atoms with E-state index in [2.05, 4.69) is 15.5 Å². The number of benzene rings is 1. The number of nitrogens with zero attached hydrogens (tertiary/aromatic N) is 4. The van der Waals surface area contributed by atoms with Crippen molar-refractivity contribution in [2.75, 3.05) is 44.7 Å². The van der Waals surface area contributed by atoms with Crippen LogP contribution in [0.3, 0.4) is 0 Å². The number of hydrogen-bond donors (Lipinski definition) is 1. The number of oxime groups is 1. The van der Waals surface area contributed by atoms with E-state index in [0.717, 1.165) is 6.20 Å². The van der Waals surface area contributed by atoms with E-state index in [1.807, 2.05) is 0 Å². The molecule has 3 heterocycles. The number of carbonyl (C=O) groups excluding carboxylic acids is 2. The summed E-state index contributed by atoms with van der Waals surface area (Å²) < 4.78 is 46.3. The highest BCUT2D eigenvalue weighted by molar-refractivity contribution is 7.89. The van der Waals surface area contributed by atoms with Gasteiger partial charge >= 0.3 is 0 Å². The van der Waals surface area contributed by atoms with Crippen LogP contribution in [0.5, 0.6) is 0 Å². The predicted molar refractivity (Wildman–Crippen MR) is 130 cm³/mol. The van der Waals surface area contributed by atoms with Crippen LogP contribution in [0.15, 0.2) is 40.5 Å². The number of amides is 2. The topological polar surface area (TPSA) is 130 Å². The van der Waals surface area contributed by atoms with Gasteiger partial charge in [0.15, 0.2) is 22.1 Å². The molecular weight excluding hydrogens is 513 g/mol. The molecule has 0 saturated carbocycles. The molecule has 1 aromatic heterocycles. The van der Waals surface area contributed by atoms with E-state index >= 15 is 0 Å². The van der Waals surface area contributed by atoms with Crippen LogP contribution in [-0.4, -0.2) is 85.6 Å². The molecule has 1 N–H and O–H groups in total. The van der Waals surface area contributed by atoms with Crippen LogP contribution < -0.4 is 5.32 Å². The summed E-state index contributed by atoms with van der Waals surface area (Å²) >= 11 is 0.662. The van der Waals surface area contributed by atoms with Crippen molar-refractivity contribution >= 4 is 44.0 Å². The van der Waals surface area contributed by atoms with E-state index in [1.165, 1.54) is 35.5 Å². The summed E-state index contributed by atoms with van der Waals surface area (Å²) in [4.78, 5) is 35.5. The molecule has 36 heavy (non-hydrogen) atoms. The minimum Gasteiger partial charge on any atom is -0.389 e. The van der Waals surface area contributed by atoms with Gasteiger partial charge in [-0.2, -0.15) is 8.70 Å². The van der Waals surface area contributed by atoms with Crippen molar-refractivity contribution in [2.24, 2.45) is 5.16 Å². The van der Waals surface area contributed by atoms with Crippen molar-refractivity contribution in [1.82, 2.24) is 14.2 Å². The third kappa shape index (κ3) is 6.24. The van der Waals surface area contributed by atoms with Crippen LogP contribution in [0.25, 0.3) is 0 Å². The number of aromatic nitrogens is 1. The highest BCUT2D eigenvalue weighted by Gasteiger charge is 2.28. The van der Waals surface area contributed by atoms with Gasteiger partial charge in [0.2, 0.25) is 15.9 Å². The van der Waals surface area contributed by atoms with Gasteiger partial charge in [-0.05, 0) is 18.6 Å². The highest BCUT2D eigenvalue weighted by atomic mass is 32.2. The monoisotopic (exact) mass is 539 g/mol. The number of halogens is 1. The molecule has 194 valence electrons. The average Bonchev–Trinajstić information content (AvgIpc) is 3.44. The minimum atomic E-state index is -3.81. The molecule has 0 unspecified atom stereocenters. The van der Waals surface area contributed by atoms with Crippen molar-refractivity contribution in [3.05, 3.63) is 41.2 Å². The molecule has 14 heteroatoms. The Morgan fingerprint density at radius 2 is 2.00 bits per heavy atom. The Balaban J connectivity index is 1.54. The van der Waals surface area contributed by atoms with Gasteiger partial charge in [-0.3, -0.25) is 14.9 Å². The van der Waals surface area contributed by atoms with Gasteiger partial charge in [-0.1, -0.05) is 28.6 Å². The number of ether oxygens (including phenoxy) is 1. The Bertz CT molecular complexity index is 1230. The van der Waals surface area contributed by atoms with Crippen molar-refractivity contribution < 1.29 is 32.0 Å². The van der Waals surface area contributed by atoms with Gasteiger partial charge in [0.1, 0.15) is 0 Å². The SMILES string of the molecule is CC(=O)N1CCCN(S(=O)(=O)c2ccc(C(=NO[C@@H]3CCOC3)C(=O)Nc3ncc(F)s3)cc2)CC1. The molecule has 2 aliphatic rings. The number of sulfonamides is 1. The fourth-order valence-corrected chi connectivity index (χ4v) is 5.81. The van der Waals surface area contributed by atoms with Crippen molar-refractivity contribution in [1.29, 1.82) is 0 Å². The lowest BCUT2D eigenvalue weighted by Gasteiger charge is -2.21. The zero-order valence-corrected chi connectivity index (χ0v) is 21.2. The Hall–Kier alpha value is -2.94. The normalized spacial score (nSPS) is 19.7. The van der Waals surface area contributed by atoms with Crippen molar-refractivity contribution in [3.63, 3.8) is 0 Å². The maximum Gasteiger partial charge on any atom is 0.280 e. The standard InChI is InChI=1S/C22H26FN5O6S2/c1-15(29)27-8-2-9-28(11-10-27)36(31,32)18-5-3-16(4-6-18)20(26-34-17-7-12-33-14-17)21(30)25-22-24-13-19(23)35-22/h3-6,13,17H,2,7-12,14H2,1H3,(H,24,25,30)/t17-/m1/s1. The Kier molecular flexibility index (Phi) is 8.28. The van der Waals surface area contributed by atoms with Gasteiger partial charge < -0.3 is 14.5 Å². The van der Waals surface area contributed by atoms with Gasteiger partial charge in [-0.15, -0.1) is 0 Å². The molecular formula is C22H26FN5O6S2. The van der Waals surface area contributed by atoms with Crippen molar-refractivity contribution in [3.8, 4) is 0 Å². The molecule has 0 bridgehead atoms. The van der Waals surface area contributed by atoms with Crippen LogP contribution >= 0.6 is 11.3 Å². The third-order valence-electron chi connectivity index (χ3n) is 5.76. The lowest BCUT2D eigenvalue weighted by atomic mass is 10.1. The number of thiazole rings is 1. The lowest BCUT2D eigenvalue weighted by Crippen LogP contribution is -2.36. The number of nitrogens with one attached hydrogen (secondary N) is 1. The number of rotatable bonds is 7. The molecule has 4 rings (SSSR count). The number of carbonyl (C=O) groups is 2. The van der Waals surface area contributed by atoms with E-state index in [0.29, 0.717) is 62.6 Å². The summed E-state index contributed by atoms with van der Waals surface area (Å²) in [5.74, 6) is -0.772. The van der Waals surface area contributed by atoms with Gasteiger partial charge in [0, 0.05) is 45.1 Å². The van der Waals surface area contributed by atoms with E-state index in [4.69, 9.17) is 9.57 Å².